The summed E-state index contributed by atoms with van der Waals surface area (Å²) in [5.74, 6) is 5.66. The molecule has 3 N–H and O–H groups in total. The van der Waals surface area contributed by atoms with Crippen molar-refractivity contribution in [2.24, 2.45) is 5.84 Å². The zero-order valence-electron chi connectivity index (χ0n) is 12.7. The molecule has 0 spiro atoms. The molecule has 1 aromatic rings. The lowest BCUT2D eigenvalue weighted by Gasteiger charge is -2.16. The molecule has 3 heteroatoms. The van der Waals surface area contributed by atoms with E-state index in [9.17, 15) is 0 Å². The molecule has 1 aromatic carbocycles. The predicted molar refractivity (Wildman–Crippen MR) is 88.9 cm³/mol. The lowest BCUT2D eigenvalue weighted by molar-refractivity contribution is 0.458. The Morgan fingerprint density at radius 3 is 2.35 bits per heavy atom. The molecule has 2 nitrogen and oxygen atoms in total. The van der Waals surface area contributed by atoms with Crippen molar-refractivity contribution in [1.82, 2.24) is 5.43 Å². The van der Waals surface area contributed by atoms with Crippen LogP contribution in [0.15, 0.2) is 24.3 Å². The van der Waals surface area contributed by atoms with Crippen LogP contribution < -0.4 is 11.3 Å². The number of unbranched alkanes of at least 4 members (excludes halogenated alkanes) is 6. The van der Waals surface area contributed by atoms with Gasteiger partial charge in [0.2, 0.25) is 0 Å². The fourth-order valence-corrected chi connectivity index (χ4v) is 2.73. The van der Waals surface area contributed by atoms with Crippen LogP contribution in [0.5, 0.6) is 0 Å². The molecule has 0 aliphatic carbocycles. The second-order valence-corrected chi connectivity index (χ2v) is 5.98. The van der Waals surface area contributed by atoms with E-state index < -0.39 is 0 Å². The summed E-state index contributed by atoms with van der Waals surface area (Å²) < 4.78 is 0. The second-order valence-electron chi connectivity index (χ2n) is 5.57. The number of hydrogen-bond acceptors (Lipinski definition) is 2. The monoisotopic (exact) mass is 296 g/mol. The van der Waals surface area contributed by atoms with E-state index in [2.05, 4.69) is 18.4 Å². The van der Waals surface area contributed by atoms with Crippen molar-refractivity contribution in [2.45, 2.75) is 70.8 Å². The first-order valence-electron chi connectivity index (χ1n) is 7.97. The summed E-state index contributed by atoms with van der Waals surface area (Å²) in [6.45, 7) is 2.26. The normalized spacial score (nSPS) is 12.6. The molecule has 0 aromatic heterocycles. The molecule has 0 saturated heterocycles. The van der Waals surface area contributed by atoms with Gasteiger partial charge >= 0.3 is 0 Å². The Morgan fingerprint density at radius 1 is 1.05 bits per heavy atom. The number of rotatable bonds is 11. The van der Waals surface area contributed by atoms with Gasteiger partial charge in [-0.05, 0) is 24.5 Å². The van der Waals surface area contributed by atoms with Gasteiger partial charge < -0.3 is 0 Å². The topological polar surface area (TPSA) is 38.0 Å². The van der Waals surface area contributed by atoms with E-state index in [1.54, 1.807) is 0 Å². The maximum absolute atomic E-state index is 6.19. The Morgan fingerprint density at radius 2 is 1.70 bits per heavy atom. The van der Waals surface area contributed by atoms with E-state index in [0.717, 1.165) is 17.9 Å². The molecule has 1 atom stereocenters. The van der Waals surface area contributed by atoms with Crippen molar-refractivity contribution in [3.8, 4) is 0 Å². The van der Waals surface area contributed by atoms with Crippen molar-refractivity contribution in [3.05, 3.63) is 34.9 Å². The predicted octanol–water partition coefficient (Wildman–Crippen LogP) is 4.86. The largest absolute Gasteiger partial charge is 0.271 e. The first-order chi connectivity index (χ1) is 9.77. The molecule has 0 amide bonds. The molecule has 0 bridgehead atoms. The molecular formula is C17H29ClN2. The van der Waals surface area contributed by atoms with Crippen LogP contribution in [0.3, 0.4) is 0 Å². The van der Waals surface area contributed by atoms with Crippen LogP contribution in [0.25, 0.3) is 0 Å². The molecule has 114 valence electrons. The van der Waals surface area contributed by atoms with Gasteiger partial charge in [-0.2, -0.15) is 0 Å². The van der Waals surface area contributed by atoms with Gasteiger partial charge in [0.05, 0.1) is 0 Å². The van der Waals surface area contributed by atoms with Gasteiger partial charge in [0, 0.05) is 11.1 Å². The van der Waals surface area contributed by atoms with E-state index >= 15 is 0 Å². The number of nitrogens with one attached hydrogen (secondary N) is 1. The first-order valence-corrected chi connectivity index (χ1v) is 8.35. The van der Waals surface area contributed by atoms with Gasteiger partial charge in [-0.15, -0.1) is 0 Å². The minimum atomic E-state index is 0.325. The molecule has 0 fully saturated rings. The highest BCUT2D eigenvalue weighted by atomic mass is 35.5. The third-order valence-corrected chi connectivity index (χ3v) is 4.18. The quantitative estimate of drug-likeness (QED) is 0.348. The molecule has 20 heavy (non-hydrogen) atoms. The first kappa shape index (κ1) is 17.5. The van der Waals surface area contributed by atoms with Crippen LogP contribution in [0.4, 0.5) is 0 Å². The van der Waals surface area contributed by atoms with Crippen LogP contribution in [-0.4, -0.2) is 6.04 Å². The van der Waals surface area contributed by atoms with Crippen molar-refractivity contribution in [1.29, 1.82) is 0 Å². The standard InChI is InChI=1S/C17H29ClN2/c1-2-3-4-5-6-7-8-12-16(20-19)14-15-11-9-10-13-17(15)18/h9-11,13,16,20H,2-8,12,14,19H2,1H3. The Kier molecular flexibility index (Phi) is 9.73. The van der Waals surface area contributed by atoms with Gasteiger partial charge in [-0.3, -0.25) is 11.3 Å². The van der Waals surface area contributed by atoms with E-state index in [1.165, 1.54) is 50.5 Å². The van der Waals surface area contributed by atoms with Crippen molar-refractivity contribution in [3.63, 3.8) is 0 Å². The van der Waals surface area contributed by atoms with Gasteiger partial charge in [0.15, 0.2) is 0 Å². The summed E-state index contributed by atoms with van der Waals surface area (Å²) in [5, 5.41) is 0.840. The van der Waals surface area contributed by atoms with E-state index in [0.29, 0.717) is 6.04 Å². The molecule has 0 heterocycles. The molecule has 0 aliphatic rings. The highest BCUT2D eigenvalue weighted by molar-refractivity contribution is 6.31. The number of halogens is 1. The van der Waals surface area contributed by atoms with Gasteiger partial charge in [-0.1, -0.05) is 81.7 Å². The van der Waals surface area contributed by atoms with Crippen molar-refractivity contribution >= 4 is 11.6 Å². The third kappa shape index (κ3) is 7.28. The average Bonchev–Trinajstić information content (AvgIpc) is 2.47. The maximum atomic E-state index is 6.19. The van der Waals surface area contributed by atoms with E-state index in [4.69, 9.17) is 17.4 Å². The van der Waals surface area contributed by atoms with Crippen molar-refractivity contribution in [2.75, 3.05) is 0 Å². The minimum Gasteiger partial charge on any atom is -0.271 e. The molecule has 1 unspecified atom stereocenters. The second kappa shape index (κ2) is 11.1. The van der Waals surface area contributed by atoms with Crippen LogP contribution in [-0.2, 0) is 6.42 Å². The fourth-order valence-electron chi connectivity index (χ4n) is 2.52. The number of nitrogens with two attached hydrogens (primary N) is 1. The average molecular weight is 297 g/mol. The third-order valence-electron chi connectivity index (χ3n) is 3.82. The fraction of sp³-hybridized carbons (Fsp3) is 0.647. The van der Waals surface area contributed by atoms with Crippen molar-refractivity contribution < 1.29 is 0 Å². The molecular weight excluding hydrogens is 268 g/mol. The summed E-state index contributed by atoms with van der Waals surface area (Å²) in [5.41, 5.74) is 4.11. The van der Waals surface area contributed by atoms with Gasteiger partial charge in [-0.25, -0.2) is 0 Å². The van der Waals surface area contributed by atoms with E-state index in [1.807, 2.05) is 18.2 Å². The molecule has 1 rings (SSSR count). The molecule has 0 saturated carbocycles. The van der Waals surface area contributed by atoms with Gasteiger partial charge in [0.1, 0.15) is 0 Å². The van der Waals surface area contributed by atoms with Crippen LogP contribution in [0, 0.1) is 0 Å². The maximum Gasteiger partial charge on any atom is 0.0438 e. The summed E-state index contributed by atoms with van der Waals surface area (Å²) in [4.78, 5) is 0. The summed E-state index contributed by atoms with van der Waals surface area (Å²) in [7, 11) is 0. The Balaban J connectivity index is 2.18. The molecule has 0 radical (unpaired) electrons. The lowest BCUT2D eigenvalue weighted by Crippen LogP contribution is -2.36. The Labute approximate surface area is 129 Å². The highest BCUT2D eigenvalue weighted by Crippen LogP contribution is 2.18. The van der Waals surface area contributed by atoms with Crippen LogP contribution >= 0.6 is 11.6 Å². The Hall–Kier alpha value is -0.570. The van der Waals surface area contributed by atoms with Gasteiger partial charge in [0.25, 0.3) is 0 Å². The number of hydrazine groups is 1. The van der Waals surface area contributed by atoms with Crippen LogP contribution in [0.2, 0.25) is 5.02 Å². The van der Waals surface area contributed by atoms with E-state index in [-0.39, 0.29) is 0 Å². The van der Waals surface area contributed by atoms with Crippen LogP contribution in [0.1, 0.15) is 63.9 Å². The number of benzene rings is 1. The summed E-state index contributed by atoms with van der Waals surface area (Å²) in [6.07, 6.45) is 11.4. The molecule has 0 aliphatic heterocycles. The zero-order chi connectivity index (χ0) is 14.6. The smallest absolute Gasteiger partial charge is 0.0438 e. The zero-order valence-corrected chi connectivity index (χ0v) is 13.5. The SMILES string of the molecule is CCCCCCCCCC(Cc1ccccc1Cl)NN. The Bertz CT molecular complexity index is 355. The number of hydrogen-bond donors (Lipinski definition) is 2. The minimum absolute atomic E-state index is 0.325. The lowest BCUT2D eigenvalue weighted by atomic mass is 10.00. The summed E-state index contributed by atoms with van der Waals surface area (Å²) >= 11 is 6.19. The highest BCUT2D eigenvalue weighted by Gasteiger charge is 2.09. The summed E-state index contributed by atoms with van der Waals surface area (Å²) in [6, 6.07) is 8.34.